The predicted octanol–water partition coefficient (Wildman–Crippen LogP) is 2.94. The lowest BCUT2D eigenvalue weighted by Gasteiger charge is -2.33. The summed E-state index contributed by atoms with van der Waals surface area (Å²) in [7, 11) is -4.73. The van der Waals surface area contributed by atoms with Crippen LogP contribution in [0.25, 0.3) is 0 Å². The van der Waals surface area contributed by atoms with Gasteiger partial charge < -0.3 is 0 Å². The SMILES string of the molecule is O=C(NS(=O)(=O)O)C(c1ccccc1)(c1ccccc1)c1ccccc1. The molecule has 0 atom stereocenters. The molecule has 0 heterocycles. The Hall–Kier alpha value is -2.96. The molecule has 3 aromatic rings. The van der Waals surface area contributed by atoms with Crippen molar-refractivity contribution in [3.05, 3.63) is 108 Å². The second kappa shape index (κ2) is 7.11. The number of amides is 1. The number of carbonyl (C=O) groups is 1. The van der Waals surface area contributed by atoms with Crippen molar-refractivity contribution in [3.8, 4) is 0 Å². The minimum atomic E-state index is -4.73. The molecule has 0 saturated heterocycles. The first-order valence-corrected chi connectivity index (χ1v) is 9.35. The zero-order valence-electron chi connectivity index (χ0n) is 13.7. The molecule has 3 aromatic carbocycles. The Morgan fingerprint density at radius 1 is 0.692 bits per heavy atom. The van der Waals surface area contributed by atoms with Gasteiger partial charge in [0.05, 0.1) is 0 Å². The molecule has 2 N–H and O–H groups in total. The molecule has 0 spiro atoms. The van der Waals surface area contributed by atoms with Crippen LogP contribution in [0.2, 0.25) is 0 Å². The maximum atomic E-state index is 13.2. The van der Waals surface area contributed by atoms with E-state index in [-0.39, 0.29) is 0 Å². The molecule has 0 fully saturated rings. The molecule has 0 bridgehead atoms. The Balaban J connectivity index is 2.37. The Kier molecular flexibility index (Phi) is 4.88. The summed E-state index contributed by atoms with van der Waals surface area (Å²) in [6.45, 7) is 0. The molecule has 0 unspecified atom stereocenters. The van der Waals surface area contributed by atoms with Crippen LogP contribution in [0.15, 0.2) is 91.0 Å². The van der Waals surface area contributed by atoms with Gasteiger partial charge in [0, 0.05) is 0 Å². The molecule has 1 amide bonds. The number of carbonyl (C=O) groups excluding carboxylic acids is 1. The summed E-state index contributed by atoms with van der Waals surface area (Å²) in [4.78, 5) is 13.2. The lowest BCUT2D eigenvalue weighted by molar-refractivity contribution is -0.122. The van der Waals surface area contributed by atoms with Gasteiger partial charge in [-0.05, 0) is 16.7 Å². The van der Waals surface area contributed by atoms with Gasteiger partial charge in [-0.25, -0.2) is 4.72 Å². The summed E-state index contributed by atoms with van der Waals surface area (Å²) in [6, 6.07) is 26.6. The van der Waals surface area contributed by atoms with Crippen molar-refractivity contribution in [2.75, 3.05) is 0 Å². The van der Waals surface area contributed by atoms with Crippen LogP contribution < -0.4 is 4.72 Å². The summed E-state index contributed by atoms with van der Waals surface area (Å²) in [6.07, 6.45) is 0. The first-order chi connectivity index (χ1) is 12.4. The number of hydrogen-bond acceptors (Lipinski definition) is 3. The van der Waals surface area contributed by atoms with E-state index in [4.69, 9.17) is 0 Å². The Labute approximate surface area is 152 Å². The molecule has 3 rings (SSSR count). The molecule has 0 aromatic heterocycles. The monoisotopic (exact) mass is 367 g/mol. The van der Waals surface area contributed by atoms with Crippen LogP contribution in [0, 0.1) is 0 Å². The van der Waals surface area contributed by atoms with Crippen molar-refractivity contribution < 1.29 is 17.8 Å². The van der Waals surface area contributed by atoms with E-state index in [0.29, 0.717) is 16.7 Å². The van der Waals surface area contributed by atoms with Gasteiger partial charge in [-0.2, -0.15) is 8.42 Å². The Bertz CT molecular complexity index is 891. The van der Waals surface area contributed by atoms with Crippen LogP contribution in [0.3, 0.4) is 0 Å². The number of benzene rings is 3. The van der Waals surface area contributed by atoms with E-state index in [0.717, 1.165) is 0 Å². The van der Waals surface area contributed by atoms with Gasteiger partial charge in [0.25, 0.3) is 5.91 Å². The van der Waals surface area contributed by atoms with E-state index in [9.17, 15) is 17.8 Å². The largest absolute Gasteiger partial charge is 0.359 e. The molecule has 26 heavy (non-hydrogen) atoms. The fourth-order valence-electron chi connectivity index (χ4n) is 3.15. The summed E-state index contributed by atoms with van der Waals surface area (Å²) < 4.78 is 33.8. The van der Waals surface area contributed by atoms with Crippen LogP contribution in [0.4, 0.5) is 0 Å². The third-order valence-electron chi connectivity index (χ3n) is 4.18. The van der Waals surface area contributed by atoms with E-state index >= 15 is 0 Å². The van der Waals surface area contributed by atoms with Crippen LogP contribution in [0.5, 0.6) is 0 Å². The highest BCUT2D eigenvalue weighted by Crippen LogP contribution is 2.39. The van der Waals surface area contributed by atoms with Gasteiger partial charge in [0.15, 0.2) is 0 Å². The van der Waals surface area contributed by atoms with Crippen LogP contribution >= 0.6 is 0 Å². The van der Waals surface area contributed by atoms with Crippen molar-refractivity contribution in [1.82, 2.24) is 4.72 Å². The van der Waals surface area contributed by atoms with Gasteiger partial charge in [0.2, 0.25) is 0 Å². The molecule has 0 aliphatic heterocycles. The van der Waals surface area contributed by atoms with Gasteiger partial charge in [0.1, 0.15) is 5.41 Å². The second-order valence-electron chi connectivity index (χ2n) is 5.75. The van der Waals surface area contributed by atoms with E-state index in [1.54, 1.807) is 77.5 Å². The third-order valence-corrected chi connectivity index (χ3v) is 4.63. The first kappa shape index (κ1) is 17.8. The fourth-order valence-corrected chi connectivity index (χ4v) is 3.54. The summed E-state index contributed by atoms with van der Waals surface area (Å²) in [5, 5.41) is 0. The van der Waals surface area contributed by atoms with E-state index in [1.165, 1.54) is 0 Å². The first-order valence-electron chi connectivity index (χ1n) is 7.91. The summed E-state index contributed by atoms with van der Waals surface area (Å²) in [5.41, 5.74) is 0.301. The molecule has 0 saturated carbocycles. The van der Waals surface area contributed by atoms with Crippen molar-refractivity contribution in [2.24, 2.45) is 0 Å². The van der Waals surface area contributed by atoms with Crippen LogP contribution in [-0.4, -0.2) is 18.9 Å². The average Bonchev–Trinajstić information content (AvgIpc) is 2.64. The van der Waals surface area contributed by atoms with E-state index < -0.39 is 21.6 Å². The minimum Gasteiger partial charge on any atom is -0.272 e. The average molecular weight is 367 g/mol. The van der Waals surface area contributed by atoms with Crippen molar-refractivity contribution in [2.45, 2.75) is 5.41 Å². The van der Waals surface area contributed by atoms with Crippen molar-refractivity contribution in [1.29, 1.82) is 0 Å². The molecule has 0 radical (unpaired) electrons. The highest BCUT2D eigenvalue weighted by atomic mass is 32.2. The van der Waals surface area contributed by atoms with Gasteiger partial charge in [-0.15, -0.1) is 0 Å². The number of nitrogens with one attached hydrogen (secondary N) is 1. The van der Waals surface area contributed by atoms with Gasteiger partial charge >= 0.3 is 10.3 Å². The summed E-state index contributed by atoms with van der Waals surface area (Å²) in [5.74, 6) is -0.858. The van der Waals surface area contributed by atoms with E-state index in [1.807, 2.05) is 18.2 Å². The molecular formula is C20H17NO4S. The normalized spacial score (nSPS) is 11.7. The molecule has 0 aliphatic carbocycles. The van der Waals surface area contributed by atoms with Crippen LogP contribution in [-0.2, 0) is 20.5 Å². The quantitative estimate of drug-likeness (QED) is 0.536. The second-order valence-corrected chi connectivity index (χ2v) is 6.91. The standard InChI is InChI=1S/C20H17NO4S/c22-19(21-26(23,24)25)20(16-10-4-1-5-11-16,17-12-6-2-7-13-17)18-14-8-3-9-15-18/h1-15H,(H,21,22)(H,23,24,25). The fraction of sp³-hybridized carbons (Fsp3) is 0.0500. The highest BCUT2D eigenvalue weighted by molar-refractivity contribution is 7.84. The maximum absolute atomic E-state index is 13.2. The zero-order valence-corrected chi connectivity index (χ0v) is 14.6. The topological polar surface area (TPSA) is 83.5 Å². The lowest BCUT2D eigenvalue weighted by atomic mass is 9.69. The maximum Gasteiger partial charge on any atom is 0.359 e. The molecule has 6 heteroatoms. The highest BCUT2D eigenvalue weighted by Gasteiger charge is 2.45. The number of rotatable bonds is 5. The van der Waals surface area contributed by atoms with Gasteiger partial charge in [-0.3, -0.25) is 9.35 Å². The van der Waals surface area contributed by atoms with Crippen LogP contribution in [0.1, 0.15) is 16.7 Å². The minimum absolute atomic E-state index is 0.582. The Morgan fingerprint density at radius 2 is 1.00 bits per heavy atom. The molecular weight excluding hydrogens is 350 g/mol. The smallest absolute Gasteiger partial charge is 0.272 e. The third kappa shape index (κ3) is 3.37. The molecule has 132 valence electrons. The Morgan fingerprint density at radius 3 is 1.27 bits per heavy atom. The van der Waals surface area contributed by atoms with E-state index in [2.05, 4.69) is 0 Å². The molecule has 5 nitrogen and oxygen atoms in total. The lowest BCUT2D eigenvalue weighted by Crippen LogP contribution is -2.48. The predicted molar refractivity (Wildman–Crippen MR) is 98.9 cm³/mol. The van der Waals surface area contributed by atoms with Crippen molar-refractivity contribution in [3.63, 3.8) is 0 Å². The number of hydrogen-bond donors (Lipinski definition) is 2. The molecule has 0 aliphatic rings. The van der Waals surface area contributed by atoms with Gasteiger partial charge in [-0.1, -0.05) is 91.0 Å². The van der Waals surface area contributed by atoms with Crippen molar-refractivity contribution >= 4 is 16.2 Å². The summed E-state index contributed by atoms with van der Waals surface area (Å²) >= 11 is 0. The zero-order chi connectivity index (χ0) is 18.6.